The molecule has 5 heteroatoms. The van der Waals surface area contributed by atoms with Crippen molar-refractivity contribution in [3.05, 3.63) is 42.0 Å². The molecule has 1 aliphatic carbocycles. The molecule has 1 saturated heterocycles. The number of hydrogen-bond donors (Lipinski definition) is 1. The summed E-state index contributed by atoms with van der Waals surface area (Å²) < 4.78 is 0. The average molecular weight is 340 g/mol. The topological polar surface area (TPSA) is 66.5 Å². The van der Waals surface area contributed by atoms with Crippen molar-refractivity contribution in [3.63, 3.8) is 0 Å². The molecule has 2 atom stereocenters. The van der Waals surface area contributed by atoms with Crippen LogP contribution < -0.4 is 5.32 Å². The van der Waals surface area contributed by atoms with Crippen molar-refractivity contribution < 1.29 is 14.4 Å². The lowest BCUT2D eigenvalue weighted by Gasteiger charge is -2.19. The van der Waals surface area contributed by atoms with Gasteiger partial charge in [0.1, 0.15) is 6.54 Å². The van der Waals surface area contributed by atoms with Crippen LogP contribution in [0.2, 0.25) is 0 Å². The Hall–Kier alpha value is -2.43. The third kappa shape index (κ3) is 3.50. The van der Waals surface area contributed by atoms with Crippen LogP contribution in [-0.2, 0) is 19.8 Å². The zero-order chi connectivity index (χ0) is 18.2. The van der Waals surface area contributed by atoms with Crippen molar-refractivity contribution in [1.29, 1.82) is 0 Å². The number of allylic oxidation sites excluding steroid dienone is 2. The van der Waals surface area contributed by atoms with Crippen molar-refractivity contribution in [3.8, 4) is 0 Å². The third-order valence-corrected chi connectivity index (χ3v) is 4.94. The molecule has 2 unspecified atom stereocenters. The summed E-state index contributed by atoms with van der Waals surface area (Å²) >= 11 is 0. The number of carbonyl (C=O) groups is 3. The molecule has 0 saturated carbocycles. The first-order valence-corrected chi connectivity index (χ1v) is 8.68. The van der Waals surface area contributed by atoms with Crippen LogP contribution >= 0.6 is 0 Å². The number of fused-ring (bicyclic) bond motifs is 1. The van der Waals surface area contributed by atoms with Gasteiger partial charge in [-0.1, -0.05) is 45.1 Å². The number of amides is 3. The van der Waals surface area contributed by atoms with Gasteiger partial charge >= 0.3 is 0 Å². The molecular formula is C20H24N2O3. The highest BCUT2D eigenvalue weighted by atomic mass is 16.2. The number of nitrogens with one attached hydrogen (secondary N) is 1. The molecule has 1 fully saturated rings. The Morgan fingerprint density at radius 3 is 2.04 bits per heavy atom. The number of hydrogen-bond acceptors (Lipinski definition) is 3. The van der Waals surface area contributed by atoms with Crippen molar-refractivity contribution in [2.75, 3.05) is 11.9 Å². The van der Waals surface area contributed by atoms with Crippen LogP contribution in [0.4, 0.5) is 5.69 Å². The maximum absolute atomic E-state index is 12.4. The highest BCUT2D eigenvalue weighted by Gasteiger charge is 2.47. The van der Waals surface area contributed by atoms with Gasteiger partial charge in [-0.3, -0.25) is 19.3 Å². The Labute approximate surface area is 148 Å². The fourth-order valence-corrected chi connectivity index (χ4v) is 3.42. The molecule has 3 amide bonds. The van der Waals surface area contributed by atoms with E-state index in [1.807, 2.05) is 36.4 Å². The highest BCUT2D eigenvalue weighted by molar-refractivity contribution is 6.08. The Balaban J connectivity index is 1.63. The zero-order valence-corrected chi connectivity index (χ0v) is 14.9. The normalized spacial score (nSPS) is 22.9. The van der Waals surface area contributed by atoms with Gasteiger partial charge in [-0.15, -0.1) is 0 Å². The Morgan fingerprint density at radius 1 is 1.04 bits per heavy atom. The highest BCUT2D eigenvalue weighted by Crippen LogP contribution is 2.34. The largest absolute Gasteiger partial charge is 0.325 e. The van der Waals surface area contributed by atoms with Gasteiger partial charge < -0.3 is 5.32 Å². The van der Waals surface area contributed by atoms with Gasteiger partial charge in [0.25, 0.3) is 0 Å². The second kappa shape index (κ2) is 6.47. The quantitative estimate of drug-likeness (QED) is 0.680. The predicted octanol–water partition coefficient (Wildman–Crippen LogP) is 2.87. The number of carbonyl (C=O) groups excluding carboxylic acids is 3. The maximum Gasteiger partial charge on any atom is 0.244 e. The van der Waals surface area contributed by atoms with Gasteiger partial charge in [-0.25, -0.2) is 0 Å². The fourth-order valence-electron chi connectivity index (χ4n) is 3.42. The summed E-state index contributed by atoms with van der Waals surface area (Å²) in [5, 5.41) is 2.77. The van der Waals surface area contributed by atoms with Crippen molar-refractivity contribution in [2.24, 2.45) is 11.8 Å². The number of likely N-dealkylation sites (tertiary alicyclic amines) is 1. The Kier molecular flexibility index (Phi) is 4.50. The molecule has 3 rings (SSSR count). The van der Waals surface area contributed by atoms with Crippen molar-refractivity contribution in [2.45, 2.75) is 39.0 Å². The predicted molar refractivity (Wildman–Crippen MR) is 95.8 cm³/mol. The zero-order valence-electron chi connectivity index (χ0n) is 14.9. The molecule has 25 heavy (non-hydrogen) atoms. The standard InChI is InChI=1S/C20H24N2O3/c1-20(2,3)13-8-10-14(11-9-13)21-17(23)12-22-18(24)15-6-4-5-7-16(15)19(22)25/h4-5,8-11,15-16H,6-7,12H2,1-3H3,(H,21,23). The van der Waals surface area contributed by atoms with Gasteiger partial charge in [-0.05, 0) is 36.0 Å². The van der Waals surface area contributed by atoms with Gasteiger partial charge in [0, 0.05) is 5.69 Å². The van der Waals surface area contributed by atoms with E-state index in [-0.39, 0.29) is 41.5 Å². The first-order chi connectivity index (χ1) is 11.8. The molecule has 0 radical (unpaired) electrons. The molecule has 132 valence electrons. The van der Waals surface area contributed by atoms with Gasteiger partial charge in [0.2, 0.25) is 17.7 Å². The molecule has 5 nitrogen and oxygen atoms in total. The van der Waals surface area contributed by atoms with Crippen LogP contribution in [-0.4, -0.2) is 29.2 Å². The number of nitrogens with zero attached hydrogens (tertiary/aromatic N) is 1. The van der Waals surface area contributed by atoms with Gasteiger partial charge in [0.15, 0.2) is 0 Å². The summed E-state index contributed by atoms with van der Waals surface area (Å²) in [6, 6.07) is 7.63. The summed E-state index contributed by atoms with van der Waals surface area (Å²) in [7, 11) is 0. The van der Waals surface area contributed by atoms with E-state index in [1.54, 1.807) is 0 Å². The third-order valence-electron chi connectivity index (χ3n) is 4.94. The molecule has 0 bridgehead atoms. The molecule has 1 aromatic carbocycles. The van der Waals surface area contributed by atoms with E-state index in [0.717, 1.165) is 4.90 Å². The average Bonchev–Trinajstić information content (AvgIpc) is 2.80. The minimum Gasteiger partial charge on any atom is -0.325 e. The fraction of sp³-hybridized carbons (Fsp3) is 0.450. The van der Waals surface area contributed by atoms with Crippen molar-refractivity contribution in [1.82, 2.24) is 4.90 Å². The number of anilines is 1. The van der Waals surface area contributed by atoms with E-state index in [2.05, 4.69) is 26.1 Å². The van der Waals surface area contributed by atoms with E-state index in [9.17, 15) is 14.4 Å². The Morgan fingerprint density at radius 2 is 1.56 bits per heavy atom. The van der Waals surface area contributed by atoms with E-state index in [1.165, 1.54) is 5.56 Å². The summed E-state index contributed by atoms with van der Waals surface area (Å²) in [4.78, 5) is 38.2. The molecule has 2 aliphatic rings. The number of imide groups is 1. The number of rotatable bonds is 3. The van der Waals surface area contributed by atoms with E-state index < -0.39 is 0 Å². The SMILES string of the molecule is CC(C)(C)c1ccc(NC(=O)CN2C(=O)C3CC=CCC3C2=O)cc1. The molecule has 1 aromatic rings. The molecule has 1 aliphatic heterocycles. The molecule has 1 heterocycles. The summed E-state index contributed by atoms with van der Waals surface area (Å²) in [6.07, 6.45) is 5.04. The van der Waals surface area contributed by atoms with Crippen LogP contribution in [0, 0.1) is 11.8 Å². The maximum atomic E-state index is 12.4. The second-order valence-corrected chi connectivity index (χ2v) is 7.79. The van der Waals surface area contributed by atoms with E-state index in [0.29, 0.717) is 18.5 Å². The Bertz CT molecular complexity index is 702. The first-order valence-electron chi connectivity index (χ1n) is 8.68. The van der Waals surface area contributed by atoms with Crippen LogP contribution in [0.1, 0.15) is 39.2 Å². The van der Waals surface area contributed by atoms with Crippen LogP contribution in [0.3, 0.4) is 0 Å². The van der Waals surface area contributed by atoms with Crippen molar-refractivity contribution >= 4 is 23.4 Å². The second-order valence-electron chi connectivity index (χ2n) is 7.79. The lowest BCUT2D eigenvalue weighted by molar-refractivity contribution is -0.142. The summed E-state index contributed by atoms with van der Waals surface area (Å²) in [5.41, 5.74) is 1.88. The van der Waals surface area contributed by atoms with Crippen LogP contribution in [0.5, 0.6) is 0 Å². The molecular weight excluding hydrogens is 316 g/mol. The first kappa shape index (κ1) is 17.4. The molecule has 1 N–H and O–H groups in total. The lowest BCUT2D eigenvalue weighted by atomic mass is 9.85. The van der Waals surface area contributed by atoms with Gasteiger partial charge in [-0.2, -0.15) is 0 Å². The lowest BCUT2D eigenvalue weighted by Crippen LogP contribution is -2.38. The summed E-state index contributed by atoms with van der Waals surface area (Å²) in [5.74, 6) is -1.39. The van der Waals surface area contributed by atoms with Crippen LogP contribution in [0.25, 0.3) is 0 Å². The van der Waals surface area contributed by atoms with E-state index >= 15 is 0 Å². The minimum absolute atomic E-state index is 0.0429. The van der Waals surface area contributed by atoms with E-state index in [4.69, 9.17) is 0 Å². The smallest absolute Gasteiger partial charge is 0.244 e. The minimum atomic E-state index is -0.350. The molecule has 0 spiro atoms. The van der Waals surface area contributed by atoms with Crippen LogP contribution in [0.15, 0.2) is 36.4 Å². The monoisotopic (exact) mass is 340 g/mol. The molecule has 0 aromatic heterocycles. The van der Waals surface area contributed by atoms with Gasteiger partial charge in [0.05, 0.1) is 11.8 Å². The number of benzene rings is 1. The summed E-state index contributed by atoms with van der Waals surface area (Å²) in [6.45, 7) is 6.16.